The zero-order chi connectivity index (χ0) is 13.9. The molecule has 6 heteroatoms. The third-order valence-corrected chi connectivity index (χ3v) is 6.27. The minimum atomic E-state index is -3.40. The number of hydrogen-bond donors (Lipinski definition) is 2. The van der Waals surface area contributed by atoms with Gasteiger partial charge in [-0.3, -0.25) is 0 Å². The Bertz CT molecular complexity index is 391. The first-order valence-corrected chi connectivity index (χ1v) is 8.80. The van der Waals surface area contributed by atoms with Gasteiger partial charge in [0.2, 0.25) is 0 Å². The minimum absolute atomic E-state index is 0.0419. The minimum Gasteiger partial charge on any atom is -0.396 e. The first-order chi connectivity index (χ1) is 8.98. The molecule has 0 amide bonds. The fourth-order valence-electron chi connectivity index (χ4n) is 3.16. The van der Waals surface area contributed by atoms with Crippen LogP contribution in [0.3, 0.4) is 0 Å². The molecule has 2 atom stereocenters. The van der Waals surface area contributed by atoms with Crippen LogP contribution in [-0.2, 0) is 10.2 Å². The molecule has 2 fully saturated rings. The molecule has 1 aliphatic heterocycles. The lowest BCUT2D eigenvalue weighted by molar-refractivity contribution is 0.126. The summed E-state index contributed by atoms with van der Waals surface area (Å²) in [5.41, 5.74) is -0.307. The molecule has 0 unspecified atom stereocenters. The zero-order valence-corrected chi connectivity index (χ0v) is 12.6. The van der Waals surface area contributed by atoms with E-state index in [0.717, 1.165) is 44.9 Å². The monoisotopic (exact) mass is 290 g/mol. The summed E-state index contributed by atoms with van der Waals surface area (Å²) >= 11 is 0. The Hall–Kier alpha value is -0.170. The van der Waals surface area contributed by atoms with Crippen LogP contribution in [0.4, 0.5) is 0 Å². The Morgan fingerprint density at radius 2 is 1.84 bits per heavy atom. The van der Waals surface area contributed by atoms with E-state index in [-0.39, 0.29) is 18.1 Å². The van der Waals surface area contributed by atoms with E-state index in [9.17, 15) is 13.5 Å². The van der Waals surface area contributed by atoms with Crippen molar-refractivity contribution >= 4 is 10.2 Å². The highest BCUT2D eigenvalue weighted by molar-refractivity contribution is 7.87. The van der Waals surface area contributed by atoms with E-state index in [4.69, 9.17) is 0 Å². The molecule has 1 heterocycles. The van der Waals surface area contributed by atoms with Crippen molar-refractivity contribution in [1.29, 1.82) is 0 Å². The van der Waals surface area contributed by atoms with Crippen LogP contribution < -0.4 is 4.72 Å². The van der Waals surface area contributed by atoms with Crippen molar-refractivity contribution in [3.05, 3.63) is 0 Å². The van der Waals surface area contributed by atoms with E-state index in [0.29, 0.717) is 13.1 Å². The van der Waals surface area contributed by atoms with Gasteiger partial charge in [0.05, 0.1) is 0 Å². The average molecular weight is 290 g/mol. The fourth-order valence-corrected chi connectivity index (χ4v) is 4.81. The highest BCUT2D eigenvalue weighted by Crippen LogP contribution is 2.37. The third-order valence-electron chi connectivity index (χ3n) is 4.64. The number of nitrogens with one attached hydrogen (secondary N) is 1. The van der Waals surface area contributed by atoms with Crippen LogP contribution in [0.2, 0.25) is 0 Å². The Morgan fingerprint density at radius 3 is 2.42 bits per heavy atom. The third kappa shape index (κ3) is 3.48. The molecular formula is C13H26N2O3S. The fraction of sp³-hybridized carbons (Fsp3) is 1.00. The summed E-state index contributed by atoms with van der Waals surface area (Å²) in [7, 11) is -3.40. The standard InChI is InChI=1S/C13H26N2O3S/c1-13(11-16)8-6-7-12(13)14-19(17,18)15-9-4-2-3-5-10-15/h12,14,16H,2-11H2,1H3/t12-,13-/m0/s1. The van der Waals surface area contributed by atoms with E-state index in [1.54, 1.807) is 4.31 Å². The number of hydrogen-bond acceptors (Lipinski definition) is 3. The second-order valence-electron chi connectivity index (χ2n) is 6.19. The van der Waals surface area contributed by atoms with E-state index in [2.05, 4.69) is 4.72 Å². The van der Waals surface area contributed by atoms with Gasteiger partial charge in [0.25, 0.3) is 10.2 Å². The van der Waals surface area contributed by atoms with E-state index in [1.807, 2.05) is 6.92 Å². The Balaban J connectivity index is 2.04. The lowest BCUT2D eigenvalue weighted by atomic mass is 9.86. The maximum Gasteiger partial charge on any atom is 0.279 e. The van der Waals surface area contributed by atoms with Gasteiger partial charge in [-0.2, -0.15) is 17.4 Å². The van der Waals surface area contributed by atoms with Crippen LogP contribution in [0.25, 0.3) is 0 Å². The number of aliphatic hydroxyl groups excluding tert-OH is 1. The highest BCUT2D eigenvalue weighted by atomic mass is 32.2. The molecule has 0 aromatic carbocycles. The van der Waals surface area contributed by atoms with Crippen molar-refractivity contribution in [3.8, 4) is 0 Å². The molecule has 19 heavy (non-hydrogen) atoms. The van der Waals surface area contributed by atoms with Gasteiger partial charge in [0, 0.05) is 31.2 Å². The van der Waals surface area contributed by atoms with Gasteiger partial charge >= 0.3 is 0 Å². The summed E-state index contributed by atoms with van der Waals surface area (Å²) in [5, 5.41) is 9.50. The molecule has 1 saturated heterocycles. The molecule has 1 saturated carbocycles. The molecule has 1 aliphatic carbocycles. The second kappa shape index (κ2) is 6.08. The lowest BCUT2D eigenvalue weighted by Gasteiger charge is -2.32. The van der Waals surface area contributed by atoms with Crippen molar-refractivity contribution in [1.82, 2.24) is 9.03 Å². The first kappa shape index (κ1) is 15.2. The van der Waals surface area contributed by atoms with Crippen LogP contribution in [0.15, 0.2) is 0 Å². The predicted octanol–water partition coefficient (Wildman–Crippen LogP) is 1.25. The molecule has 0 aromatic rings. The normalized spacial score (nSPS) is 34.3. The van der Waals surface area contributed by atoms with Gasteiger partial charge in [-0.05, 0) is 25.7 Å². The van der Waals surface area contributed by atoms with Gasteiger partial charge in [0.1, 0.15) is 0 Å². The number of aliphatic hydroxyl groups is 1. The summed E-state index contributed by atoms with van der Waals surface area (Å²) < 4.78 is 29.3. The summed E-state index contributed by atoms with van der Waals surface area (Å²) in [6.45, 7) is 3.26. The molecule has 5 nitrogen and oxygen atoms in total. The first-order valence-electron chi connectivity index (χ1n) is 7.36. The molecular weight excluding hydrogens is 264 g/mol. The average Bonchev–Trinajstić information content (AvgIpc) is 2.60. The summed E-state index contributed by atoms with van der Waals surface area (Å²) in [6.07, 6.45) is 6.81. The maximum atomic E-state index is 12.4. The topological polar surface area (TPSA) is 69.6 Å². The smallest absolute Gasteiger partial charge is 0.279 e. The highest BCUT2D eigenvalue weighted by Gasteiger charge is 2.41. The summed E-state index contributed by atoms with van der Waals surface area (Å²) in [4.78, 5) is 0. The van der Waals surface area contributed by atoms with Crippen molar-refractivity contribution in [2.45, 2.75) is 57.9 Å². The van der Waals surface area contributed by atoms with Crippen LogP contribution >= 0.6 is 0 Å². The maximum absolute atomic E-state index is 12.4. The number of rotatable bonds is 4. The number of nitrogens with zero attached hydrogens (tertiary/aromatic N) is 1. The van der Waals surface area contributed by atoms with Crippen LogP contribution in [0.5, 0.6) is 0 Å². The van der Waals surface area contributed by atoms with Gasteiger partial charge in [-0.15, -0.1) is 0 Å². The van der Waals surface area contributed by atoms with E-state index in [1.165, 1.54) is 0 Å². The summed E-state index contributed by atoms with van der Waals surface area (Å²) in [6, 6.07) is -0.134. The van der Waals surface area contributed by atoms with Crippen molar-refractivity contribution in [3.63, 3.8) is 0 Å². The molecule has 0 radical (unpaired) electrons. The molecule has 112 valence electrons. The molecule has 0 bridgehead atoms. The van der Waals surface area contributed by atoms with Crippen molar-refractivity contribution < 1.29 is 13.5 Å². The van der Waals surface area contributed by atoms with Crippen molar-refractivity contribution in [2.24, 2.45) is 5.41 Å². The zero-order valence-electron chi connectivity index (χ0n) is 11.8. The largest absolute Gasteiger partial charge is 0.396 e. The van der Waals surface area contributed by atoms with E-state index < -0.39 is 10.2 Å². The predicted molar refractivity (Wildman–Crippen MR) is 74.9 cm³/mol. The van der Waals surface area contributed by atoms with Gasteiger partial charge in [-0.25, -0.2) is 0 Å². The van der Waals surface area contributed by atoms with E-state index >= 15 is 0 Å². The molecule has 2 aliphatic rings. The van der Waals surface area contributed by atoms with Crippen LogP contribution in [-0.4, -0.2) is 43.6 Å². The van der Waals surface area contributed by atoms with Gasteiger partial charge in [0.15, 0.2) is 0 Å². The SMILES string of the molecule is C[C@@]1(CO)CCC[C@@H]1NS(=O)(=O)N1CCCCCC1. The van der Waals surface area contributed by atoms with Crippen LogP contribution in [0.1, 0.15) is 51.9 Å². The van der Waals surface area contributed by atoms with Gasteiger partial charge in [-0.1, -0.05) is 26.2 Å². The molecule has 0 aromatic heterocycles. The summed E-state index contributed by atoms with van der Waals surface area (Å²) in [5.74, 6) is 0. The van der Waals surface area contributed by atoms with Crippen molar-refractivity contribution in [2.75, 3.05) is 19.7 Å². The Kier molecular flexibility index (Phi) is 4.87. The van der Waals surface area contributed by atoms with Gasteiger partial charge < -0.3 is 5.11 Å². The molecule has 2 N–H and O–H groups in total. The van der Waals surface area contributed by atoms with Crippen LogP contribution in [0, 0.1) is 5.41 Å². The second-order valence-corrected chi connectivity index (χ2v) is 7.90. The lowest BCUT2D eigenvalue weighted by Crippen LogP contribution is -2.50. The molecule has 2 rings (SSSR count). The Labute approximate surface area is 116 Å². The molecule has 0 spiro atoms. The quantitative estimate of drug-likeness (QED) is 0.818. The Morgan fingerprint density at radius 1 is 1.21 bits per heavy atom.